The van der Waals surface area contributed by atoms with Crippen molar-refractivity contribution in [3.05, 3.63) is 34.0 Å². The summed E-state index contributed by atoms with van der Waals surface area (Å²) >= 11 is 0. The molecule has 0 aromatic heterocycles. The topological polar surface area (TPSA) is 61.6 Å². The predicted octanol–water partition coefficient (Wildman–Crippen LogP) is 5.27. The number of hydrogen-bond acceptors (Lipinski definition) is 3. The Morgan fingerprint density at radius 3 is 1.10 bits per heavy atom. The fourth-order valence-electron chi connectivity index (χ4n) is 6.28. The first-order valence-corrected chi connectivity index (χ1v) is 14.5. The fraction of sp³-hybridized carbons (Fsp3) is 0.625. The zero-order valence-corrected chi connectivity index (χ0v) is 19.9. The van der Waals surface area contributed by atoms with Gasteiger partial charge in [-0.3, -0.25) is 0 Å². The van der Waals surface area contributed by atoms with Crippen LogP contribution in [-0.2, 0) is 25.6 Å². The molecular formula is C24H33O6Si+. The summed E-state index contributed by atoms with van der Waals surface area (Å²) in [6, 6.07) is 0. The molecule has 3 aliphatic carbocycles. The van der Waals surface area contributed by atoms with Crippen LogP contribution in [0.15, 0.2) is 34.0 Å². The SMILES string of the molecule is CC1=C2CCCCC2=[O+][Si-2]23(O1)(OC(C)=C1CCCCC1=[O+]2)OC(C)=C1CCCCC1=[O+]3. The number of rotatable bonds is 0. The van der Waals surface area contributed by atoms with Crippen LogP contribution in [0.25, 0.3) is 0 Å². The van der Waals surface area contributed by atoms with E-state index < -0.39 is 8.09 Å². The third kappa shape index (κ3) is 2.58. The molecule has 3 heterocycles. The van der Waals surface area contributed by atoms with E-state index >= 15 is 0 Å². The molecule has 0 amide bonds. The van der Waals surface area contributed by atoms with Crippen molar-refractivity contribution >= 4 is 25.4 Å². The summed E-state index contributed by atoms with van der Waals surface area (Å²) in [4.78, 5) is 0. The molecule has 7 heteroatoms. The van der Waals surface area contributed by atoms with Crippen molar-refractivity contribution in [2.24, 2.45) is 0 Å². The number of hydrogen-bond donors (Lipinski definition) is 0. The van der Waals surface area contributed by atoms with E-state index in [2.05, 4.69) is 0 Å². The molecule has 3 saturated carbocycles. The third-order valence-corrected chi connectivity index (χ3v) is 11.8. The zero-order chi connectivity index (χ0) is 21.3. The second kappa shape index (κ2) is 6.00. The summed E-state index contributed by atoms with van der Waals surface area (Å²) in [5.41, 5.74) is 3.30. The van der Waals surface area contributed by atoms with E-state index in [0.717, 1.165) is 128 Å². The van der Waals surface area contributed by atoms with E-state index in [1.807, 2.05) is 20.8 Å². The Hall–Kier alpha value is -2.15. The van der Waals surface area contributed by atoms with E-state index in [9.17, 15) is 0 Å². The van der Waals surface area contributed by atoms with Gasteiger partial charge < -0.3 is 0 Å². The monoisotopic (exact) mass is 445 g/mol. The average Bonchev–Trinajstić information content (AvgIpc) is 2.73. The van der Waals surface area contributed by atoms with Gasteiger partial charge in [0.2, 0.25) is 0 Å². The Balaban J connectivity index is 1.67. The van der Waals surface area contributed by atoms with E-state index in [-0.39, 0.29) is 0 Å². The Kier molecular flexibility index (Phi) is 3.78. The van der Waals surface area contributed by atoms with Crippen molar-refractivity contribution in [3.63, 3.8) is 0 Å². The van der Waals surface area contributed by atoms with Gasteiger partial charge in [0, 0.05) is 0 Å². The van der Waals surface area contributed by atoms with Gasteiger partial charge in [-0.2, -0.15) is 0 Å². The molecule has 0 atom stereocenters. The van der Waals surface area contributed by atoms with Crippen LogP contribution < -0.4 is 0 Å². The van der Waals surface area contributed by atoms with Crippen molar-refractivity contribution < 1.29 is 25.6 Å². The van der Waals surface area contributed by atoms with Gasteiger partial charge in [0.25, 0.3) is 0 Å². The first kappa shape index (κ1) is 19.5. The summed E-state index contributed by atoms with van der Waals surface area (Å²) in [5, 5.41) is 0. The summed E-state index contributed by atoms with van der Waals surface area (Å²) < 4.78 is 40.7. The number of carbonyl (C=O) groups excluding carboxylic acids is 3. The van der Waals surface area contributed by atoms with Gasteiger partial charge >= 0.3 is 183 Å². The molecule has 0 unspecified atom stereocenters. The minimum atomic E-state index is -5.94. The molecule has 0 aromatic carbocycles. The van der Waals surface area contributed by atoms with Gasteiger partial charge in [-0.05, 0) is 0 Å². The van der Waals surface area contributed by atoms with Crippen molar-refractivity contribution in [1.29, 1.82) is 0 Å². The minimum absolute atomic E-state index is 0.741. The maximum atomic E-state index is 6.84. The van der Waals surface area contributed by atoms with Gasteiger partial charge in [-0.15, -0.1) is 0 Å². The van der Waals surface area contributed by atoms with Gasteiger partial charge in [0.1, 0.15) is 0 Å². The van der Waals surface area contributed by atoms with Crippen LogP contribution in [0.1, 0.15) is 97.8 Å². The number of fused-ring (bicyclic) bond motifs is 3. The summed E-state index contributed by atoms with van der Waals surface area (Å²) in [6.45, 7) is 5.91. The molecule has 0 aromatic rings. The van der Waals surface area contributed by atoms with Crippen LogP contribution in [0.3, 0.4) is 0 Å². The Morgan fingerprint density at radius 2 is 0.774 bits per heavy atom. The molecular weight excluding hydrogens is 412 g/mol. The molecule has 6 rings (SSSR count). The second-order valence-electron chi connectivity index (χ2n) is 9.86. The summed E-state index contributed by atoms with van der Waals surface area (Å²) in [5.74, 6) is 4.77. The fourth-order valence-corrected chi connectivity index (χ4v) is 11.3. The molecule has 0 radical (unpaired) electrons. The second-order valence-corrected chi connectivity index (χ2v) is 13.6. The van der Waals surface area contributed by atoms with Crippen LogP contribution in [0.5, 0.6) is 0 Å². The first-order chi connectivity index (χ1) is 14.9. The molecule has 3 aliphatic heterocycles. The standard InChI is InChI=1S/C24H33O6Si/c1-16-19-10-4-7-13-22(19)28-31(25-16,26-17(2)20-11-5-8-14-23(20)29-31)27-18(3)21-12-6-9-15-24(21)30-31/h4-15H2,1-3H3/q+1. The number of ketones is 3. The van der Waals surface area contributed by atoms with Crippen LogP contribution in [0.4, 0.5) is 0 Å². The average molecular weight is 446 g/mol. The van der Waals surface area contributed by atoms with E-state index in [4.69, 9.17) is 25.6 Å². The predicted molar refractivity (Wildman–Crippen MR) is 118 cm³/mol. The molecule has 168 valence electrons. The van der Waals surface area contributed by atoms with Crippen molar-refractivity contribution in [1.82, 2.24) is 0 Å². The van der Waals surface area contributed by atoms with Gasteiger partial charge in [0.05, 0.1) is 0 Å². The molecule has 6 aliphatic rings. The molecule has 0 N–H and O–H groups in total. The number of allylic oxidation sites excluding steroid dienone is 6. The van der Waals surface area contributed by atoms with Gasteiger partial charge in [0.15, 0.2) is 0 Å². The summed E-state index contributed by atoms with van der Waals surface area (Å²) in [6.07, 6.45) is 11.7. The van der Waals surface area contributed by atoms with E-state index in [1.54, 1.807) is 0 Å². The molecule has 0 saturated heterocycles. The maximum absolute atomic E-state index is 6.84. The Bertz CT molecular complexity index is 955. The zero-order valence-electron chi connectivity index (χ0n) is 18.9. The molecule has 6 nitrogen and oxygen atoms in total. The molecule has 31 heavy (non-hydrogen) atoms. The van der Waals surface area contributed by atoms with E-state index in [0.29, 0.717) is 0 Å². The third-order valence-electron chi connectivity index (χ3n) is 7.61. The first-order valence-electron chi connectivity index (χ1n) is 12.1. The molecule has 3 fully saturated rings. The molecule has 0 bridgehead atoms. The van der Waals surface area contributed by atoms with Crippen LogP contribution in [-0.4, -0.2) is 25.4 Å². The van der Waals surface area contributed by atoms with Crippen LogP contribution >= 0.6 is 0 Å². The Labute approximate surface area is 183 Å². The van der Waals surface area contributed by atoms with E-state index in [1.165, 1.54) is 0 Å². The van der Waals surface area contributed by atoms with Gasteiger partial charge in [-0.25, -0.2) is 0 Å². The Morgan fingerprint density at radius 1 is 0.484 bits per heavy atom. The quantitative estimate of drug-likeness (QED) is 0.377. The summed E-state index contributed by atoms with van der Waals surface area (Å²) in [7, 11) is -5.94. The van der Waals surface area contributed by atoms with Gasteiger partial charge in [-0.1, -0.05) is 0 Å². The normalized spacial score (nSPS) is 32.4. The van der Waals surface area contributed by atoms with Crippen LogP contribution in [0.2, 0.25) is 0 Å². The van der Waals surface area contributed by atoms with Crippen molar-refractivity contribution in [2.45, 2.75) is 97.8 Å². The van der Waals surface area contributed by atoms with Crippen molar-refractivity contribution in [3.8, 4) is 0 Å². The van der Waals surface area contributed by atoms with Crippen LogP contribution in [0, 0.1) is 0 Å². The molecule has 1 spiro atoms. The van der Waals surface area contributed by atoms with Crippen molar-refractivity contribution in [2.75, 3.05) is 0 Å².